The summed E-state index contributed by atoms with van der Waals surface area (Å²) >= 11 is 6.22. The minimum atomic E-state index is 0.128. The highest BCUT2D eigenvalue weighted by Crippen LogP contribution is 2.25. The molecule has 0 atom stereocenters. The summed E-state index contributed by atoms with van der Waals surface area (Å²) in [7, 11) is 1.92. The summed E-state index contributed by atoms with van der Waals surface area (Å²) in [5.41, 5.74) is 2.12. The molecular weight excluding hydrogens is 236 g/mol. The Morgan fingerprint density at radius 2 is 2.12 bits per heavy atom. The van der Waals surface area contributed by atoms with Crippen LogP contribution in [0.2, 0.25) is 5.02 Å². The van der Waals surface area contributed by atoms with Gasteiger partial charge in [0.2, 0.25) is 0 Å². The first-order valence-electron chi connectivity index (χ1n) is 5.88. The fourth-order valence-corrected chi connectivity index (χ4v) is 1.91. The van der Waals surface area contributed by atoms with Crippen molar-refractivity contribution in [1.29, 1.82) is 0 Å². The fourth-order valence-electron chi connectivity index (χ4n) is 1.56. The number of aliphatic hydroxyl groups excluding tert-OH is 1. The van der Waals surface area contributed by atoms with Gasteiger partial charge < -0.3 is 15.3 Å². The molecule has 0 amide bonds. The molecule has 0 saturated heterocycles. The van der Waals surface area contributed by atoms with Crippen LogP contribution in [-0.2, 0) is 6.54 Å². The monoisotopic (exact) mass is 256 g/mol. The molecule has 17 heavy (non-hydrogen) atoms. The molecule has 1 rings (SSSR count). The number of nitrogens with zero attached hydrogens (tertiary/aromatic N) is 1. The topological polar surface area (TPSA) is 35.5 Å². The number of halogens is 1. The summed E-state index contributed by atoms with van der Waals surface area (Å²) in [6.07, 6.45) is 0. The van der Waals surface area contributed by atoms with Crippen molar-refractivity contribution in [3.8, 4) is 0 Å². The Morgan fingerprint density at radius 1 is 1.41 bits per heavy atom. The van der Waals surface area contributed by atoms with Crippen LogP contribution in [0.15, 0.2) is 18.2 Å². The lowest BCUT2D eigenvalue weighted by molar-refractivity contribution is 0.304. The standard InChI is InChI=1S/C13H21ClN2O/c1-10(2)15-9-11-4-5-13(12(14)8-11)16(3)6-7-17/h4-5,8,10,15,17H,6-7,9H2,1-3H3. The molecule has 2 N–H and O–H groups in total. The molecule has 1 aromatic rings. The Balaban J connectivity index is 2.72. The van der Waals surface area contributed by atoms with Gasteiger partial charge in [-0.25, -0.2) is 0 Å². The molecule has 0 aromatic heterocycles. The maximum absolute atomic E-state index is 8.89. The van der Waals surface area contributed by atoms with Gasteiger partial charge in [-0.15, -0.1) is 0 Å². The average Bonchev–Trinajstić information content (AvgIpc) is 2.26. The molecule has 0 unspecified atom stereocenters. The van der Waals surface area contributed by atoms with Crippen LogP contribution in [0.1, 0.15) is 19.4 Å². The van der Waals surface area contributed by atoms with Crippen molar-refractivity contribution >= 4 is 17.3 Å². The van der Waals surface area contributed by atoms with Gasteiger partial charge in [0.15, 0.2) is 0 Å². The molecule has 0 bridgehead atoms. The largest absolute Gasteiger partial charge is 0.395 e. The van der Waals surface area contributed by atoms with E-state index in [-0.39, 0.29) is 6.61 Å². The van der Waals surface area contributed by atoms with Crippen LogP contribution < -0.4 is 10.2 Å². The van der Waals surface area contributed by atoms with E-state index in [0.29, 0.717) is 12.6 Å². The van der Waals surface area contributed by atoms with Gasteiger partial charge in [-0.1, -0.05) is 31.5 Å². The summed E-state index contributed by atoms with van der Waals surface area (Å²) < 4.78 is 0. The predicted molar refractivity (Wildman–Crippen MR) is 73.8 cm³/mol. The summed E-state index contributed by atoms with van der Waals surface area (Å²) in [5.74, 6) is 0. The van der Waals surface area contributed by atoms with E-state index in [1.165, 1.54) is 5.56 Å². The van der Waals surface area contributed by atoms with Gasteiger partial charge in [0.25, 0.3) is 0 Å². The van der Waals surface area contributed by atoms with Crippen LogP contribution in [-0.4, -0.2) is 31.3 Å². The van der Waals surface area contributed by atoms with E-state index in [4.69, 9.17) is 16.7 Å². The molecule has 3 nitrogen and oxygen atoms in total. The summed E-state index contributed by atoms with van der Waals surface area (Å²) in [6.45, 7) is 5.77. The van der Waals surface area contributed by atoms with Gasteiger partial charge in [-0.05, 0) is 17.7 Å². The fraction of sp³-hybridized carbons (Fsp3) is 0.538. The lowest BCUT2D eigenvalue weighted by Crippen LogP contribution is -2.23. The zero-order valence-electron chi connectivity index (χ0n) is 10.7. The van der Waals surface area contributed by atoms with Crippen molar-refractivity contribution in [2.45, 2.75) is 26.4 Å². The third-order valence-electron chi connectivity index (χ3n) is 2.57. The van der Waals surface area contributed by atoms with Gasteiger partial charge >= 0.3 is 0 Å². The number of hydrogen-bond acceptors (Lipinski definition) is 3. The van der Waals surface area contributed by atoms with Crippen molar-refractivity contribution < 1.29 is 5.11 Å². The van der Waals surface area contributed by atoms with Crippen molar-refractivity contribution in [1.82, 2.24) is 5.32 Å². The molecule has 4 heteroatoms. The highest BCUT2D eigenvalue weighted by atomic mass is 35.5. The molecule has 0 saturated carbocycles. The van der Waals surface area contributed by atoms with E-state index in [2.05, 4.69) is 25.2 Å². The highest BCUT2D eigenvalue weighted by Gasteiger charge is 2.06. The first-order chi connectivity index (χ1) is 8.04. The van der Waals surface area contributed by atoms with Crippen LogP contribution in [0.4, 0.5) is 5.69 Å². The zero-order chi connectivity index (χ0) is 12.8. The van der Waals surface area contributed by atoms with Crippen molar-refractivity contribution in [3.05, 3.63) is 28.8 Å². The molecule has 0 aliphatic rings. The van der Waals surface area contributed by atoms with Gasteiger partial charge in [0.05, 0.1) is 17.3 Å². The van der Waals surface area contributed by atoms with Crippen LogP contribution in [0.3, 0.4) is 0 Å². The maximum Gasteiger partial charge on any atom is 0.0642 e. The van der Waals surface area contributed by atoms with Gasteiger partial charge in [-0.2, -0.15) is 0 Å². The molecule has 0 heterocycles. The summed E-state index contributed by atoms with van der Waals surface area (Å²) in [5, 5.41) is 13.0. The molecule has 0 fully saturated rings. The van der Waals surface area contributed by atoms with E-state index in [9.17, 15) is 0 Å². The highest BCUT2D eigenvalue weighted by molar-refractivity contribution is 6.33. The van der Waals surface area contributed by atoms with Crippen LogP contribution in [0.25, 0.3) is 0 Å². The second kappa shape index (κ2) is 6.84. The lowest BCUT2D eigenvalue weighted by Gasteiger charge is -2.20. The second-order valence-corrected chi connectivity index (χ2v) is 4.87. The number of likely N-dealkylation sites (N-methyl/N-ethyl adjacent to an activating group) is 1. The smallest absolute Gasteiger partial charge is 0.0642 e. The molecule has 0 spiro atoms. The zero-order valence-corrected chi connectivity index (χ0v) is 11.5. The van der Waals surface area contributed by atoms with Gasteiger partial charge in [0.1, 0.15) is 0 Å². The normalized spacial score (nSPS) is 10.9. The van der Waals surface area contributed by atoms with E-state index in [1.807, 2.05) is 24.1 Å². The van der Waals surface area contributed by atoms with Gasteiger partial charge in [-0.3, -0.25) is 0 Å². The Bertz CT molecular complexity index is 355. The van der Waals surface area contributed by atoms with E-state index >= 15 is 0 Å². The van der Waals surface area contributed by atoms with Crippen molar-refractivity contribution in [2.24, 2.45) is 0 Å². The number of benzene rings is 1. The maximum atomic E-state index is 8.89. The molecule has 0 aliphatic carbocycles. The molecule has 1 aromatic carbocycles. The predicted octanol–water partition coefficient (Wildman–Crippen LogP) is 2.27. The molecule has 0 aliphatic heterocycles. The molecule has 0 radical (unpaired) electrons. The van der Waals surface area contributed by atoms with Crippen LogP contribution in [0, 0.1) is 0 Å². The average molecular weight is 257 g/mol. The van der Waals surface area contributed by atoms with E-state index in [0.717, 1.165) is 17.3 Å². The Morgan fingerprint density at radius 3 is 2.65 bits per heavy atom. The van der Waals surface area contributed by atoms with Crippen LogP contribution in [0.5, 0.6) is 0 Å². The number of aliphatic hydroxyl groups is 1. The number of rotatable bonds is 6. The first kappa shape index (κ1) is 14.3. The third-order valence-corrected chi connectivity index (χ3v) is 2.88. The van der Waals surface area contributed by atoms with Crippen molar-refractivity contribution in [3.63, 3.8) is 0 Å². The Kier molecular flexibility index (Phi) is 5.75. The summed E-state index contributed by atoms with van der Waals surface area (Å²) in [4.78, 5) is 1.95. The SMILES string of the molecule is CC(C)NCc1ccc(N(C)CCO)c(Cl)c1. The quantitative estimate of drug-likeness (QED) is 0.820. The minimum absolute atomic E-state index is 0.128. The van der Waals surface area contributed by atoms with Crippen molar-refractivity contribution in [2.75, 3.05) is 25.1 Å². The Hall–Kier alpha value is -0.770. The van der Waals surface area contributed by atoms with E-state index < -0.39 is 0 Å². The number of hydrogen-bond donors (Lipinski definition) is 2. The number of anilines is 1. The lowest BCUT2D eigenvalue weighted by atomic mass is 10.2. The Labute approximate surface area is 108 Å². The van der Waals surface area contributed by atoms with E-state index in [1.54, 1.807) is 0 Å². The third kappa shape index (κ3) is 4.54. The number of nitrogens with one attached hydrogen (secondary N) is 1. The first-order valence-corrected chi connectivity index (χ1v) is 6.26. The second-order valence-electron chi connectivity index (χ2n) is 4.47. The summed E-state index contributed by atoms with van der Waals surface area (Å²) in [6, 6.07) is 6.49. The minimum Gasteiger partial charge on any atom is -0.395 e. The molecule has 96 valence electrons. The van der Waals surface area contributed by atoms with Crippen LogP contribution >= 0.6 is 11.6 Å². The van der Waals surface area contributed by atoms with Gasteiger partial charge in [0, 0.05) is 26.2 Å². The molecular formula is C13H21ClN2O.